The van der Waals surface area contributed by atoms with Gasteiger partial charge in [0.1, 0.15) is 5.82 Å². The van der Waals surface area contributed by atoms with Crippen LogP contribution >= 0.6 is 0 Å². The van der Waals surface area contributed by atoms with Gasteiger partial charge in [-0.25, -0.2) is 9.18 Å². The predicted octanol–water partition coefficient (Wildman–Crippen LogP) is 1.66. The Balaban J connectivity index is 1.99. The van der Waals surface area contributed by atoms with Gasteiger partial charge >= 0.3 is 6.03 Å². The Labute approximate surface area is 123 Å². The van der Waals surface area contributed by atoms with Gasteiger partial charge in [-0.05, 0) is 23.6 Å². The summed E-state index contributed by atoms with van der Waals surface area (Å²) in [6.07, 6.45) is 0. The number of benzene rings is 1. The highest BCUT2D eigenvalue weighted by atomic mass is 19.1. The van der Waals surface area contributed by atoms with Gasteiger partial charge in [0.25, 0.3) is 0 Å². The van der Waals surface area contributed by atoms with Crippen molar-refractivity contribution in [1.29, 1.82) is 0 Å². The molecule has 0 aromatic heterocycles. The molecule has 0 aliphatic carbocycles. The monoisotopic (exact) mass is 293 g/mol. The van der Waals surface area contributed by atoms with Crippen molar-refractivity contribution in [2.45, 2.75) is 19.9 Å². The lowest BCUT2D eigenvalue weighted by molar-refractivity contribution is -0.126. The first-order valence-corrected chi connectivity index (χ1v) is 7.06. The van der Waals surface area contributed by atoms with E-state index in [1.165, 1.54) is 17.0 Å². The molecule has 21 heavy (non-hydrogen) atoms. The lowest BCUT2D eigenvalue weighted by atomic mass is 9.96. The number of carbonyl (C=O) groups excluding carboxylic acids is 2. The molecule has 1 aliphatic heterocycles. The van der Waals surface area contributed by atoms with Crippen molar-refractivity contribution in [3.8, 4) is 0 Å². The van der Waals surface area contributed by atoms with Crippen molar-refractivity contribution in [3.05, 3.63) is 35.6 Å². The van der Waals surface area contributed by atoms with Crippen LogP contribution in [0.3, 0.4) is 0 Å². The lowest BCUT2D eigenvalue weighted by Gasteiger charge is -2.23. The molecule has 0 bridgehead atoms. The first kappa shape index (κ1) is 15.4. The Bertz CT molecular complexity index is 516. The minimum atomic E-state index is -0.343. The topological polar surface area (TPSA) is 61.4 Å². The van der Waals surface area contributed by atoms with Crippen LogP contribution in [0.4, 0.5) is 9.18 Å². The molecule has 5 nitrogen and oxygen atoms in total. The average Bonchev–Trinajstić information content (AvgIpc) is 2.86. The average molecular weight is 293 g/mol. The highest BCUT2D eigenvalue weighted by Crippen LogP contribution is 2.21. The van der Waals surface area contributed by atoms with Gasteiger partial charge in [-0.2, -0.15) is 0 Å². The Morgan fingerprint density at radius 2 is 2.05 bits per heavy atom. The first-order chi connectivity index (χ1) is 9.99. The van der Waals surface area contributed by atoms with Gasteiger partial charge in [0.15, 0.2) is 0 Å². The Morgan fingerprint density at radius 3 is 2.57 bits per heavy atom. The summed E-state index contributed by atoms with van der Waals surface area (Å²) < 4.78 is 13.0. The molecule has 1 aromatic carbocycles. The van der Waals surface area contributed by atoms with Crippen molar-refractivity contribution < 1.29 is 14.0 Å². The van der Waals surface area contributed by atoms with Gasteiger partial charge < -0.3 is 10.6 Å². The van der Waals surface area contributed by atoms with E-state index in [1.54, 1.807) is 12.1 Å². The molecule has 1 aromatic rings. The van der Waals surface area contributed by atoms with Crippen LogP contribution in [-0.2, 0) is 4.79 Å². The molecule has 2 N–H and O–H groups in total. The van der Waals surface area contributed by atoms with E-state index in [4.69, 9.17) is 0 Å². The van der Waals surface area contributed by atoms with Crippen LogP contribution in [0.5, 0.6) is 0 Å². The molecular weight excluding hydrogens is 273 g/mol. The molecule has 1 heterocycles. The molecule has 6 heteroatoms. The number of hydrogen-bond donors (Lipinski definition) is 2. The van der Waals surface area contributed by atoms with Crippen molar-refractivity contribution in [3.63, 3.8) is 0 Å². The van der Waals surface area contributed by atoms with Crippen LogP contribution in [0.2, 0.25) is 0 Å². The van der Waals surface area contributed by atoms with Crippen LogP contribution in [0.15, 0.2) is 24.3 Å². The van der Waals surface area contributed by atoms with Gasteiger partial charge in [0.2, 0.25) is 5.91 Å². The fourth-order valence-electron chi connectivity index (χ4n) is 2.41. The summed E-state index contributed by atoms with van der Waals surface area (Å²) >= 11 is 0. The van der Waals surface area contributed by atoms with E-state index in [9.17, 15) is 14.0 Å². The van der Waals surface area contributed by atoms with Crippen LogP contribution in [0, 0.1) is 11.7 Å². The highest BCUT2D eigenvalue weighted by molar-refractivity contribution is 5.96. The number of nitrogens with one attached hydrogen (secondary N) is 2. The van der Waals surface area contributed by atoms with Crippen LogP contribution in [0.25, 0.3) is 0 Å². The molecular formula is C15H20FN3O2. The molecule has 0 radical (unpaired) electrons. The second kappa shape index (κ2) is 6.67. The number of nitrogens with zero attached hydrogens (tertiary/aromatic N) is 1. The summed E-state index contributed by atoms with van der Waals surface area (Å²) in [5.41, 5.74) is 0.921. The van der Waals surface area contributed by atoms with E-state index in [2.05, 4.69) is 10.6 Å². The summed E-state index contributed by atoms with van der Waals surface area (Å²) in [7, 11) is 0. The summed E-state index contributed by atoms with van der Waals surface area (Å²) in [5, 5.41) is 5.75. The van der Waals surface area contributed by atoms with Gasteiger partial charge in [0, 0.05) is 19.1 Å². The molecule has 3 amide bonds. The predicted molar refractivity (Wildman–Crippen MR) is 77.1 cm³/mol. The normalized spacial score (nSPS) is 16.2. The third kappa shape index (κ3) is 3.78. The Morgan fingerprint density at radius 1 is 1.38 bits per heavy atom. The van der Waals surface area contributed by atoms with Crippen molar-refractivity contribution >= 4 is 11.9 Å². The summed E-state index contributed by atoms with van der Waals surface area (Å²) in [4.78, 5) is 24.6. The van der Waals surface area contributed by atoms with E-state index >= 15 is 0 Å². The second-order valence-electron chi connectivity index (χ2n) is 5.43. The minimum absolute atomic E-state index is 0.0692. The Hall–Kier alpha value is -1.95. The molecule has 1 fully saturated rings. The third-order valence-electron chi connectivity index (χ3n) is 3.53. The molecule has 1 unspecified atom stereocenters. The zero-order valence-corrected chi connectivity index (χ0v) is 12.2. The van der Waals surface area contributed by atoms with E-state index < -0.39 is 0 Å². The van der Waals surface area contributed by atoms with Gasteiger partial charge in [0.05, 0.1) is 6.54 Å². The van der Waals surface area contributed by atoms with Crippen LogP contribution in [0.1, 0.15) is 25.5 Å². The molecule has 1 atom stereocenters. The number of rotatable bonds is 5. The van der Waals surface area contributed by atoms with Crippen molar-refractivity contribution in [1.82, 2.24) is 15.5 Å². The zero-order valence-electron chi connectivity index (χ0n) is 12.2. The van der Waals surface area contributed by atoms with Gasteiger partial charge in [-0.15, -0.1) is 0 Å². The first-order valence-electron chi connectivity index (χ1n) is 7.06. The van der Waals surface area contributed by atoms with E-state index in [0.717, 1.165) is 5.56 Å². The maximum Gasteiger partial charge on any atom is 0.324 e. The molecule has 0 saturated carbocycles. The zero-order chi connectivity index (χ0) is 15.4. The minimum Gasteiger partial charge on any atom is -0.336 e. The van der Waals surface area contributed by atoms with Crippen LogP contribution in [-0.4, -0.2) is 36.5 Å². The van der Waals surface area contributed by atoms with Crippen LogP contribution < -0.4 is 10.6 Å². The molecule has 2 rings (SSSR count). The second-order valence-corrected chi connectivity index (χ2v) is 5.43. The molecule has 1 saturated heterocycles. The maximum absolute atomic E-state index is 13.0. The largest absolute Gasteiger partial charge is 0.336 e. The quantitative estimate of drug-likeness (QED) is 0.868. The SMILES string of the molecule is CC(C)C(NCC(=O)N1CCNC1=O)c1ccc(F)cc1. The summed E-state index contributed by atoms with van der Waals surface area (Å²) in [6.45, 7) is 5.02. The number of carbonyl (C=O) groups is 2. The smallest absolute Gasteiger partial charge is 0.324 e. The van der Waals surface area contributed by atoms with Crippen molar-refractivity contribution in [2.75, 3.05) is 19.6 Å². The summed E-state index contributed by atoms with van der Waals surface area (Å²) in [5.74, 6) is -0.306. The third-order valence-corrected chi connectivity index (χ3v) is 3.53. The molecule has 1 aliphatic rings. The molecule has 114 valence electrons. The van der Waals surface area contributed by atoms with Gasteiger partial charge in [-0.1, -0.05) is 26.0 Å². The number of imide groups is 1. The number of halogens is 1. The number of urea groups is 1. The highest BCUT2D eigenvalue weighted by Gasteiger charge is 2.26. The maximum atomic E-state index is 13.0. The lowest BCUT2D eigenvalue weighted by Crippen LogP contribution is -2.41. The number of hydrogen-bond acceptors (Lipinski definition) is 3. The van der Waals surface area contributed by atoms with Gasteiger partial charge in [-0.3, -0.25) is 9.69 Å². The fraction of sp³-hybridized carbons (Fsp3) is 0.467. The van der Waals surface area contributed by atoms with E-state index in [1.807, 2.05) is 13.8 Å². The van der Waals surface area contributed by atoms with E-state index in [0.29, 0.717) is 13.1 Å². The fourth-order valence-corrected chi connectivity index (χ4v) is 2.41. The summed E-state index contributed by atoms with van der Waals surface area (Å²) in [6, 6.07) is 5.81. The molecule has 0 spiro atoms. The van der Waals surface area contributed by atoms with Crippen molar-refractivity contribution in [2.24, 2.45) is 5.92 Å². The van der Waals surface area contributed by atoms with E-state index in [-0.39, 0.29) is 36.3 Å². The number of amides is 3. The Kier molecular flexibility index (Phi) is 4.90. The standard InChI is InChI=1S/C15H20FN3O2/c1-10(2)14(11-3-5-12(16)6-4-11)18-9-13(20)19-8-7-17-15(19)21/h3-6,10,14,18H,7-9H2,1-2H3,(H,17,21).